The van der Waals surface area contributed by atoms with Crippen molar-refractivity contribution in [1.29, 1.82) is 0 Å². The third kappa shape index (κ3) is 2.81. The first-order chi connectivity index (χ1) is 6.93. The lowest BCUT2D eigenvalue weighted by Gasteiger charge is -2.18. The molecular weight excluding hydrogens is 256 g/mol. The summed E-state index contributed by atoms with van der Waals surface area (Å²) >= 11 is 3.42. The first-order valence-corrected chi connectivity index (χ1v) is 5.71. The van der Waals surface area contributed by atoms with E-state index in [1.165, 1.54) is 0 Å². The number of carboxylic acids is 1. The summed E-state index contributed by atoms with van der Waals surface area (Å²) in [6, 6.07) is 5.78. The predicted octanol–water partition coefficient (Wildman–Crippen LogP) is 3.58. The van der Waals surface area contributed by atoms with Crippen LogP contribution in [0.15, 0.2) is 22.7 Å². The van der Waals surface area contributed by atoms with Crippen LogP contribution in [0.5, 0.6) is 0 Å². The molecule has 0 amide bonds. The van der Waals surface area contributed by atoms with Crippen LogP contribution in [0.4, 0.5) is 0 Å². The minimum Gasteiger partial charge on any atom is -0.481 e. The van der Waals surface area contributed by atoms with E-state index in [1.54, 1.807) is 0 Å². The molecule has 3 heteroatoms. The first kappa shape index (κ1) is 12.2. The maximum atomic E-state index is 11.2. The highest BCUT2D eigenvalue weighted by atomic mass is 79.9. The van der Waals surface area contributed by atoms with E-state index in [2.05, 4.69) is 15.9 Å². The van der Waals surface area contributed by atoms with Gasteiger partial charge in [-0.2, -0.15) is 0 Å². The number of carbonyl (C=O) groups is 1. The van der Waals surface area contributed by atoms with Crippen LogP contribution in [-0.2, 0) is 4.79 Å². The summed E-state index contributed by atoms with van der Waals surface area (Å²) in [5.41, 5.74) is 1.97. The van der Waals surface area contributed by atoms with Crippen molar-refractivity contribution in [2.45, 2.75) is 26.7 Å². The molecule has 0 radical (unpaired) electrons. The van der Waals surface area contributed by atoms with E-state index in [4.69, 9.17) is 0 Å². The molecule has 82 valence electrons. The first-order valence-electron chi connectivity index (χ1n) is 4.92. The Kier molecular flexibility index (Phi) is 3.91. The van der Waals surface area contributed by atoms with Crippen molar-refractivity contribution >= 4 is 21.9 Å². The van der Waals surface area contributed by atoms with Crippen LogP contribution >= 0.6 is 15.9 Å². The summed E-state index contributed by atoms with van der Waals surface area (Å²) in [5, 5.41) is 9.17. The van der Waals surface area contributed by atoms with E-state index in [1.807, 2.05) is 39.0 Å². The lowest BCUT2D eigenvalue weighted by Crippen LogP contribution is -2.17. The van der Waals surface area contributed by atoms with E-state index < -0.39 is 11.9 Å². The minimum atomic E-state index is -0.769. The zero-order chi connectivity index (χ0) is 11.6. The molecule has 0 saturated carbocycles. The van der Waals surface area contributed by atoms with E-state index in [9.17, 15) is 9.90 Å². The van der Waals surface area contributed by atoms with Gasteiger partial charge in [0.15, 0.2) is 0 Å². The SMILES string of the molecule is Cc1ccc(C(C(=O)O)C(C)C)c(Br)c1. The molecule has 0 bridgehead atoms. The Labute approximate surface area is 98.4 Å². The summed E-state index contributed by atoms with van der Waals surface area (Å²) in [7, 11) is 0. The van der Waals surface area contributed by atoms with Gasteiger partial charge in [0.1, 0.15) is 0 Å². The maximum absolute atomic E-state index is 11.2. The molecule has 1 aromatic carbocycles. The second kappa shape index (κ2) is 4.79. The average Bonchev–Trinajstić information content (AvgIpc) is 2.08. The van der Waals surface area contributed by atoms with Crippen molar-refractivity contribution in [2.75, 3.05) is 0 Å². The molecule has 1 atom stereocenters. The van der Waals surface area contributed by atoms with Crippen molar-refractivity contribution < 1.29 is 9.90 Å². The van der Waals surface area contributed by atoms with E-state index in [-0.39, 0.29) is 5.92 Å². The molecule has 0 heterocycles. The standard InChI is InChI=1S/C12H15BrO2/c1-7(2)11(12(14)15)9-5-4-8(3)6-10(9)13/h4-7,11H,1-3H3,(H,14,15). The molecule has 2 nitrogen and oxygen atoms in total. The third-order valence-electron chi connectivity index (χ3n) is 2.42. The summed E-state index contributed by atoms with van der Waals surface area (Å²) < 4.78 is 0.878. The minimum absolute atomic E-state index is 0.0847. The molecule has 1 N–H and O–H groups in total. The van der Waals surface area contributed by atoms with Crippen LogP contribution in [0.2, 0.25) is 0 Å². The van der Waals surface area contributed by atoms with Gasteiger partial charge in [-0.05, 0) is 30.0 Å². The topological polar surface area (TPSA) is 37.3 Å². The number of hydrogen-bond acceptors (Lipinski definition) is 1. The number of carboxylic acid groups (broad SMARTS) is 1. The molecule has 1 aromatic rings. The second-order valence-electron chi connectivity index (χ2n) is 4.08. The fourth-order valence-electron chi connectivity index (χ4n) is 1.66. The van der Waals surface area contributed by atoms with Crippen molar-refractivity contribution in [1.82, 2.24) is 0 Å². The summed E-state index contributed by atoms with van der Waals surface area (Å²) in [4.78, 5) is 11.2. The number of aliphatic carboxylic acids is 1. The van der Waals surface area contributed by atoms with Gasteiger partial charge >= 0.3 is 5.97 Å². The Morgan fingerprint density at radius 2 is 2.00 bits per heavy atom. The number of aryl methyl sites for hydroxylation is 1. The molecule has 0 aliphatic rings. The Balaban J connectivity index is 3.17. The predicted molar refractivity (Wildman–Crippen MR) is 64.1 cm³/mol. The van der Waals surface area contributed by atoms with Crippen LogP contribution < -0.4 is 0 Å². The van der Waals surface area contributed by atoms with Gasteiger partial charge < -0.3 is 5.11 Å². The fraction of sp³-hybridized carbons (Fsp3) is 0.417. The molecule has 15 heavy (non-hydrogen) atoms. The Morgan fingerprint density at radius 3 is 2.40 bits per heavy atom. The van der Waals surface area contributed by atoms with Gasteiger partial charge in [0.2, 0.25) is 0 Å². The van der Waals surface area contributed by atoms with Gasteiger partial charge in [0, 0.05) is 4.47 Å². The highest BCUT2D eigenvalue weighted by Crippen LogP contribution is 2.31. The van der Waals surface area contributed by atoms with E-state index >= 15 is 0 Å². The summed E-state index contributed by atoms with van der Waals surface area (Å²) in [5.74, 6) is -1.13. The van der Waals surface area contributed by atoms with Crippen molar-refractivity contribution in [3.8, 4) is 0 Å². The lowest BCUT2D eigenvalue weighted by atomic mass is 9.88. The zero-order valence-corrected chi connectivity index (χ0v) is 10.7. The van der Waals surface area contributed by atoms with Gasteiger partial charge in [-0.3, -0.25) is 4.79 Å². The van der Waals surface area contributed by atoms with Crippen molar-refractivity contribution in [3.63, 3.8) is 0 Å². The van der Waals surface area contributed by atoms with Crippen molar-refractivity contribution in [2.24, 2.45) is 5.92 Å². The van der Waals surface area contributed by atoms with Crippen molar-refractivity contribution in [3.05, 3.63) is 33.8 Å². The van der Waals surface area contributed by atoms with Crippen LogP contribution in [0.25, 0.3) is 0 Å². The monoisotopic (exact) mass is 270 g/mol. The van der Waals surface area contributed by atoms with Gasteiger partial charge in [-0.25, -0.2) is 0 Å². The number of benzene rings is 1. The van der Waals surface area contributed by atoms with E-state index in [0.29, 0.717) is 0 Å². The Bertz CT molecular complexity index is 372. The fourth-order valence-corrected chi connectivity index (χ4v) is 2.40. The Morgan fingerprint density at radius 1 is 1.40 bits per heavy atom. The van der Waals surface area contributed by atoms with Gasteiger partial charge in [-0.15, -0.1) is 0 Å². The molecule has 0 aliphatic heterocycles. The molecule has 0 saturated heterocycles. The lowest BCUT2D eigenvalue weighted by molar-refractivity contribution is -0.139. The molecule has 1 rings (SSSR count). The van der Waals surface area contributed by atoms with Gasteiger partial charge in [0.25, 0.3) is 0 Å². The molecule has 0 aliphatic carbocycles. The quantitative estimate of drug-likeness (QED) is 0.912. The highest BCUT2D eigenvalue weighted by Gasteiger charge is 2.25. The second-order valence-corrected chi connectivity index (χ2v) is 4.94. The van der Waals surface area contributed by atoms with Crippen LogP contribution in [0.1, 0.15) is 30.9 Å². The molecule has 0 spiro atoms. The molecule has 0 fully saturated rings. The molecular formula is C12H15BrO2. The molecule has 1 unspecified atom stereocenters. The number of rotatable bonds is 3. The largest absolute Gasteiger partial charge is 0.481 e. The van der Waals surface area contributed by atoms with Crippen LogP contribution in [0, 0.1) is 12.8 Å². The van der Waals surface area contributed by atoms with Gasteiger partial charge in [-0.1, -0.05) is 41.9 Å². The van der Waals surface area contributed by atoms with E-state index in [0.717, 1.165) is 15.6 Å². The van der Waals surface area contributed by atoms with Gasteiger partial charge in [0.05, 0.1) is 5.92 Å². The smallest absolute Gasteiger partial charge is 0.311 e. The van der Waals surface area contributed by atoms with Crippen LogP contribution in [0.3, 0.4) is 0 Å². The number of hydrogen-bond donors (Lipinski definition) is 1. The summed E-state index contributed by atoms with van der Waals surface area (Å²) in [6.45, 7) is 5.83. The average molecular weight is 271 g/mol. The highest BCUT2D eigenvalue weighted by molar-refractivity contribution is 9.10. The third-order valence-corrected chi connectivity index (χ3v) is 3.11. The van der Waals surface area contributed by atoms with Crippen LogP contribution in [-0.4, -0.2) is 11.1 Å². The summed E-state index contributed by atoms with van der Waals surface area (Å²) in [6.07, 6.45) is 0. The number of halogens is 1. The normalized spacial score (nSPS) is 12.9. The molecule has 0 aromatic heterocycles. The zero-order valence-electron chi connectivity index (χ0n) is 9.12. The Hall–Kier alpha value is -0.830. The maximum Gasteiger partial charge on any atom is 0.311 e.